The molecule has 7 nitrogen and oxygen atoms in total. The van der Waals surface area contributed by atoms with E-state index in [-0.39, 0.29) is 6.23 Å². The number of quaternary nitrogens is 1. The number of hydrogen-bond donors (Lipinski definition) is 3. The molecular formula is C12H25N6O+. The Morgan fingerprint density at radius 1 is 1.37 bits per heavy atom. The van der Waals surface area contributed by atoms with Crippen LogP contribution in [0.15, 0.2) is 11.9 Å². The molecule has 0 aromatic heterocycles. The lowest BCUT2D eigenvalue weighted by Crippen LogP contribution is -2.96. The van der Waals surface area contributed by atoms with E-state index in [2.05, 4.69) is 33.8 Å². The zero-order valence-corrected chi connectivity index (χ0v) is 11.8. The van der Waals surface area contributed by atoms with Crippen molar-refractivity contribution < 1.29 is 10.3 Å². The van der Waals surface area contributed by atoms with Crippen LogP contribution in [0.3, 0.4) is 0 Å². The van der Waals surface area contributed by atoms with Crippen molar-refractivity contribution in [3.63, 3.8) is 0 Å². The molecule has 3 heterocycles. The molecule has 2 fully saturated rings. The number of nitrogens with two attached hydrogens (primary N) is 1. The van der Waals surface area contributed by atoms with E-state index in [0.717, 1.165) is 26.2 Å². The first-order valence-electron chi connectivity index (χ1n) is 7.03. The summed E-state index contributed by atoms with van der Waals surface area (Å²) in [4.78, 5) is 4.88. The van der Waals surface area contributed by atoms with Crippen LogP contribution in [-0.2, 0) is 4.74 Å². The van der Waals surface area contributed by atoms with Gasteiger partial charge < -0.3 is 9.64 Å². The number of rotatable bonds is 5. The monoisotopic (exact) mass is 269 g/mol. The summed E-state index contributed by atoms with van der Waals surface area (Å²) in [7, 11) is 4.20. The van der Waals surface area contributed by atoms with Gasteiger partial charge in [-0.05, 0) is 7.05 Å². The van der Waals surface area contributed by atoms with Gasteiger partial charge in [0.2, 0.25) is 0 Å². The zero-order chi connectivity index (χ0) is 13.2. The minimum atomic E-state index is 0.230. The second kappa shape index (κ2) is 5.64. The maximum absolute atomic E-state index is 5.69. The third kappa shape index (κ3) is 3.58. The fourth-order valence-corrected chi connectivity index (χ4v) is 2.56. The normalized spacial score (nSPS) is 32.3. The number of hydrogen-bond acceptors (Lipinski definition) is 6. The van der Waals surface area contributed by atoms with Crippen LogP contribution in [0.2, 0.25) is 0 Å². The molecule has 0 amide bonds. The Labute approximate surface area is 114 Å². The van der Waals surface area contributed by atoms with Gasteiger partial charge in [0.1, 0.15) is 12.3 Å². The quantitative estimate of drug-likeness (QED) is 0.373. The summed E-state index contributed by atoms with van der Waals surface area (Å²) >= 11 is 0. The van der Waals surface area contributed by atoms with Crippen LogP contribution in [0, 0.1) is 0 Å². The van der Waals surface area contributed by atoms with Crippen molar-refractivity contribution in [3.8, 4) is 0 Å². The molecule has 2 unspecified atom stereocenters. The first kappa shape index (κ1) is 13.1. The van der Waals surface area contributed by atoms with Gasteiger partial charge in [-0.25, -0.2) is 10.4 Å². The Bertz CT molecular complexity index is 341. The third-order valence-electron chi connectivity index (χ3n) is 3.92. The number of epoxide rings is 1. The van der Waals surface area contributed by atoms with Crippen molar-refractivity contribution in [2.45, 2.75) is 12.3 Å². The van der Waals surface area contributed by atoms with Gasteiger partial charge in [0.05, 0.1) is 18.9 Å². The Kier molecular flexibility index (Phi) is 3.90. The summed E-state index contributed by atoms with van der Waals surface area (Å²) in [6.07, 6.45) is 2.69. The summed E-state index contributed by atoms with van der Waals surface area (Å²) < 4.78 is 5.69. The second-order valence-corrected chi connectivity index (χ2v) is 5.67. The van der Waals surface area contributed by atoms with Gasteiger partial charge in [-0.3, -0.25) is 10.2 Å². The highest BCUT2D eigenvalue weighted by atomic mass is 16.6. The molecule has 0 radical (unpaired) electrons. The van der Waals surface area contributed by atoms with E-state index in [0.29, 0.717) is 6.10 Å². The van der Waals surface area contributed by atoms with Crippen molar-refractivity contribution in [2.24, 2.45) is 0 Å². The lowest BCUT2D eigenvalue weighted by atomic mass is 10.3. The lowest BCUT2D eigenvalue weighted by Gasteiger charge is -2.31. The van der Waals surface area contributed by atoms with Gasteiger partial charge in [0.15, 0.2) is 0 Å². The smallest absolute Gasteiger partial charge is 0.136 e. The summed E-state index contributed by atoms with van der Waals surface area (Å²) in [6, 6.07) is 0. The van der Waals surface area contributed by atoms with Crippen molar-refractivity contribution in [1.82, 2.24) is 25.6 Å². The van der Waals surface area contributed by atoms with Gasteiger partial charge in [-0.1, -0.05) is 0 Å². The van der Waals surface area contributed by atoms with Crippen LogP contribution >= 0.6 is 0 Å². The maximum atomic E-state index is 5.69. The summed E-state index contributed by atoms with van der Waals surface area (Å²) in [6.45, 7) is 6.56. The Hall–Kier alpha value is -0.860. The molecule has 7 heteroatoms. The van der Waals surface area contributed by atoms with E-state index in [1.165, 1.54) is 18.8 Å². The molecule has 2 atom stereocenters. The van der Waals surface area contributed by atoms with Crippen LogP contribution < -0.4 is 16.3 Å². The number of nitrogens with one attached hydrogen (secondary N) is 2. The van der Waals surface area contributed by atoms with Gasteiger partial charge >= 0.3 is 0 Å². The molecule has 108 valence electrons. The average Bonchev–Trinajstić information content (AvgIpc) is 3.00. The number of ether oxygens (including phenoxy) is 1. The molecule has 0 aromatic carbocycles. The minimum absolute atomic E-state index is 0.230. The van der Waals surface area contributed by atoms with Crippen LogP contribution in [0.4, 0.5) is 0 Å². The third-order valence-corrected chi connectivity index (χ3v) is 3.92. The van der Waals surface area contributed by atoms with Crippen LogP contribution in [-0.4, -0.2) is 80.5 Å². The predicted octanol–water partition coefficient (Wildman–Crippen LogP) is -2.68. The summed E-state index contributed by atoms with van der Waals surface area (Å²) in [5, 5.41) is 5.45. The van der Waals surface area contributed by atoms with Crippen molar-refractivity contribution in [2.75, 3.05) is 53.4 Å². The van der Waals surface area contributed by atoms with Gasteiger partial charge in [0.25, 0.3) is 0 Å². The number of likely N-dealkylation sites (N-methyl/N-ethyl adjacent to an activating group) is 1. The topological polar surface area (TPSA) is 62.9 Å². The van der Waals surface area contributed by atoms with E-state index < -0.39 is 0 Å². The van der Waals surface area contributed by atoms with Crippen molar-refractivity contribution >= 4 is 0 Å². The second-order valence-electron chi connectivity index (χ2n) is 5.67. The predicted molar refractivity (Wildman–Crippen MR) is 71.5 cm³/mol. The van der Waals surface area contributed by atoms with Gasteiger partial charge in [-0.15, -0.1) is 5.53 Å². The molecule has 0 bridgehead atoms. The van der Waals surface area contributed by atoms with Gasteiger partial charge in [-0.2, -0.15) is 0 Å². The molecule has 0 spiro atoms. The Morgan fingerprint density at radius 3 is 2.84 bits per heavy atom. The first-order chi connectivity index (χ1) is 9.20. The highest BCUT2D eigenvalue weighted by molar-refractivity contribution is 5.01. The summed E-state index contributed by atoms with van der Waals surface area (Å²) in [5.74, 6) is 0. The van der Waals surface area contributed by atoms with Crippen molar-refractivity contribution in [3.05, 3.63) is 11.9 Å². The molecule has 4 N–H and O–H groups in total. The fourth-order valence-electron chi connectivity index (χ4n) is 2.56. The van der Waals surface area contributed by atoms with Crippen LogP contribution in [0.1, 0.15) is 0 Å². The largest absolute Gasteiger partial charge is 0.352 e. The molecule has 3 aliphatic heterocycles. The van der Waals surface area contributed by atoms with E-state index in [1.807, 2.05) is 17.6 Å². The molecule has 2 saturated heterocycles. The Balaban J connectivity index is 1.32. The number of nitrogens with zero attached hydrogens (tertiary/aromatic N) is 3. The minimum Gasteiger partial charge on any atom is -0.352 e. The molecule has 0 aromatic rings. The zero-order valence-electron chi connectivity index (χ0n) is 11.8. The van der Waals surface area contributed by atoms with Gasteiger partial charge in [0, 0.05) is 39.3 Å². The number of piperazine rings is 1. The molecule has 0 saturated carbocycles. The highest BCUT2D eigenvalue weighted by Crippen LogP contribution is 2.21. The standard InChI is InChI=1S/C12H24N6O/c1-16-3-5-18(6-4-16)9-11-12(19-11)13-7-10-8-17(2)15-14-10/h8,11-15H,3-7,9H2,1-2H3/p+1. The molecule has 19 heavy (non-hydrogen) atoms. The Morgan fingerprint density at radius 2 is 2.16 bits per heavy atom. The molecule has 3 rings (SSSR count). The first-order valence-corrected chi connectivity index (χ1v) is 7.03. The van der Waals surface area contributed by atoms with E-state index >= 15 is 0 Å². The van der Waals surface area contributed by atoms with Crippen LogP contribution in [0.5, 0.6) is 0 Å². The molecule has 3 aliphatic rings. The lowest BCUT2D eigenvalue weighted by molar-refractivity contribution is -0.818. The van der Waals surface area contributed by atoms with E-state index in [9.17, 15) is 0 Å². The maximum Gasteiger partial charge on any atom is 0.136 e. The summed E-state index contributed by atoms with van der Waals surface area (Å²) in [5.41, 5.74) is 6.36. The van der Waals surface area contributed by atoms with E-state index in [1.54, 1.807) is 0 Å². The SMILES string of the molecule is CN1CCN(CC2OC2NCC2=CN(C)[NH2+]N2)CC1. The average molecular weight is 269 g/mol. The molecule has 0 aliphatic carbocycles. The van der Waals surface area contributed by atoms with Crippen LogP contribution in [0.25, 0.3) is 0 Å². The fraction of sp³-hybridized carbons (Fsp3) is 0.833. The van der Waals surface area contributed by atoms with Crippen molar-refractivity contribution in [1.29, 1.82) is 0 Å². The highest BCUT2D eigenvalue weighted by Gasteiger charge is 2.40. The molecular weight excluding hydrogens is 244 g/mol. The van der Waals surface area contributed by atoms with E-state index in [4.69, 9.17) is 4.74 Å².